The topological polar surface area (TPSA) is 90.5 Å². The summed E-state index contributed by atoms with van der Waals surface area (Å²) in [6.07, 6.45) is 1.66. The zero-order valence-electron chi connectivity index (χ0n) is 14.2. The highest BCUT2D eigenvalue weighted by Crippen LogP contribution is 2.33. The smallest absolute Gasteiger partial charge is 0.255 e. The maximum atomic E-state index is 14.4. The van der Waals surface area contributed by atoms with Gasteiger partial charge in [-0.3, -0.25) is 4.79 Å². The predicted molar refractivity (Wildman–Crippen MR) is 103 cm³/mol. The first-order valence-electron chi connectivity index (χ1n) is 8.39. The molecule has 0 spiro atoms. The van der Waals surface area contributed by atoms with Crippen LogP contribution in [0.3, 0.4) is 0 Å². The van der Waals surface area contributed by atoms with Crippen LogP contribution in [0.25, 0.3) is 10.8 Å². The number of anilines is 1. The number of nitrogens with one attached hydrogen (secondary N) is 1. The molecule has 1 atom stereocenters. The van der Waals surface area contributed by atoms with Crippen molar-refractivity contribution in [2.24, 2.45) is 0 Å². The fraction of sp³-hybridized carbons (Fsp3) is 0.278. The van der Waals surface area contributed by atoms with Gasteiger partial charge in [0.15, 0.2) is 9.84 Å². The molecule has 1 aliphatic rings. The number of pyridine rings is 1. The molecule has 142 valence electrons. The number of hydrogen-bond acceptors (Lipinski definition) is 6. The van der Waals surface area contributed by atoms with Crippen molar-refractivity contribution in [2.45, 2.75) is 22.5 Å². The number of aromatic amines is 1. The maximum absolute atomic E-state index is 14.4. The number of fused-ring (bicyclic) bond motifs is 1. The van der Waals surface area contributed by atoms with Crippen LogP contribution >= 0.6 is 11.3 Å². The van der Waals surface area contributed by atoms with Gasteiger partial charge in [0.05, 0.1) is 16.9 Å². The molecule has 27 heavy (non-hydrogen) atoms. The highest BCUT2D eigenvalue weighted by atomic mass is 32.2. The van der Waals surface area contributed by atoms with Crippen LogP contribution in [-0.4, -0.2) is 37.7 Å². The van der Waals surface area contributed by atoms with Crippen molar-refractivity contribution < 1.29 is 17.9 Å². The molecule has 1 saturated heterocycles. The summed E-state index contributed by atoms with van der Waals surface area (Å²) in [6.45, 7) is 1.14. The van der Waals surface area contributed by atoms with Crippen LogP contribution in [-0.2, 0) is 15.6 Å². The summed E-state index contributed by atoms with van der Waals surface area (Å²) in [5.74, 6) is -1.18. The lowest BCUT2D eigenvalue weighted by molar-refractivity contribution is 0.198. The van der Waals surface area contributed by atoms with E-state index in [0.29, 0.717) is 24.9 Å². The molecule has 2 aromatic heterocycles. The van der Waals surface area contributed by atoms with E-state index in [1.165, 1.54) is 24.4 Å². The SMILES string of the molecule is O=c1[nH]ccc2cc(F)c(CS(=O)(=O)c3ccc(N4CC[C@H](O)C4)s3)cc12. The number of aromatic nitrogens is 1. The Morgan fingerprint density at radius 3 is 2.85 bits per heavy atom. The van der Waals surface area contributed by atoms with E-state index in [4.69, 9.17) is 0 Å². The lowest BCUT2D eigenvalue weighted by Crippen LogP contribution is -2.19. The molecule has 0 amide bonds. The van der Waals surface area contributed by atoms with Gasteiger partial charge >= 0.3 is 0 Å². The number of benzene rings is 1. The molecule has 1 aliphatic heterocycles. The van der Waals surface area contributed by atoms with Gasteiger partial charge < -0.3 is 15.0 Å². The number of aliphatic hydroxyl groups excluding tert-OH is 1. The molecule has 9 heteroatoms. The number of H-pyrrole nitrogens is 1. The monoisotopic (exact) mass is 408 g/mol. The molecule has 0 saturated carbocycles. The van der Waals surface area contributed by atoms with E-state index in [-0.39, 0.29) is 15.2 Å². The van der Waals surface area contributed by atoms with Gasteiger partial charge in [0.25, 0.3) is 5.56 Å². The first-order chi connectivity index (χ1) is 12.8. The third-order valence-electron chi connectivity index (χ3n) is 4.63. The van der Waals surface area contributed by atoms with Crippen molar-refractivity contribution in [2.75, 3.05) is 18.0 Å². The number of halogens is 1. The quantitative estimate of drug-likeness (QED) is 0.691. The molecule has 4 rings (SSSR count). The lowest BCUT2D eigenvalue weighted by atomic mass is 10.1. The minimum absolute atomic E-state index is 0.0363. The van der Waals surface area contributed by atoms with Crippen molar-refractivity contribution in [3.8, 4) is 0 Å². The number of thiophene rings is 1. The summed E-state index contributed by atoms with van der Waals surface area (Å²) in [6, 6.07) is 7.25. The van der Waals surface area contributed by atoms with Crippen molar-refractivity contribution in [1.82, 2.24) is 4.98 Å². The lowest BCUT2D eigenvalue weighted by Gasteiger charge is -2.14. The van der Waals surface area contributed by atoms with Crippen molar-refractivity contribution in [3.05, 3.63) is 58.3 Å². The second-order valence-corrected chi connectivity index (χ2v) is 9.86. The molecule has 0 bridgehead atoms. The van der Waals surface area contributed by atoms with Crippen LogP contribution < -0.4 is 10.5 Å². The average Bonchev–Trinajstić information content (AvgIpc) is 3.25. The van der Waals surface area contributed by atoms with Gasteiger partial charge in [0.1, 0.15) is 10.0 Å². The van der Waals surface area contributed by atoms with Crippen molar-refractivity contribution >= 4 is 36.9 Å². The second-order valence-electron chi connectivity index (χ2n) is 6.58. The Morgan fingerprint density at radius 2 is 2.11 bits per heavy atom. The van der Waals surface area contributed by atoms with Crippen LogP contribution in [0.1, 0.15) is 12.0 Å². The first kappa shape index (κ1) is 18.1. The molecule has 3 heterocycles. The molecule has 1 fully saturated rings. The van der Waals surface area contributed by atoms with E-state index >= 15 is 0 Å². The van der Waals surface area contributed by atoms with Gasteiger partial charge in [0, 0.05) is 30.2 Å². The molecule has 6 nitrogen and oxygen atoms in total. The Labute approximate surface area is 158 Å². The molecule has 0 aliphatic carbocycles. The Bertz CT molecular complexity index is 1170. The van der Waals surface area contributed by atoms with Gasteiger partial charge in [-0.05, 0) is 42.1 Å². The standard InChI is InChI=1S/C18H17FN2O4S2/c19-15-8-11-3-5-20-18(23)14(11)7-12(15)10-27(24,25)17-2-1-16(26-17)21-6-4-13(22)9-21/h1-3,5,7-8,13,22H,4,6,9-10H2,(H,20,23)/t13-/m0/s1. The summed E-state index contributed by atoms with van der Waals surface area (Å²) in [5.41, 5.74) is -0.428. The minimum atomic E-state index is -3.76. The highest BCUT2D eigenvalue weighted by Gasteiger charge is 2.25. The molecule has 0 radical (unpaired) electrons. The second kappa shape index (κ2) is 6.74. The van der Waals surface area contributed by atoms with E-state index in [0.717, 1.165) is 16.3 Å². The molecule has 3 aromatic rings. The normalized spacial score (nSPS) is 17.7. The number of hydrogen-bond donors (Lipinski definition) is 2. The molecule has 2 N–H and O–H groups in total. The summed E-state index contributed by atoms with van der Waals surface area (Å²) < 4.78 is 40.0. The highest BCUT2D eigenvalue weighted by molar-refractivity contribution is 7.92. The molecular formula is C18H17FN2O4S2. The summed E-state index contributed by atoms with van der Waals surface area (Å²) in [7, 11) is -3.76. The number of sulfone groups is 1. The van der Waals surface area contributed by atoms with Crippen LogP contribution in [0.2, 0.25) is 0 Å². The zero-order chi connectivity index (χ0) is 19.2. The Kier molecular flexibility index (Phi) is 4.53. The number of aliphatic hydroxyl groups is 1. The van der Waals surface area contributed by atoms with E-state index in [2.05, 4.69) is 4.98 Å². The molecule has 1 aromatic carbocycles. The van der Waals surface area contributed by atoms with Crippen LogP contribution in [0.15, 0.2) is 45.5 Å². The molecule has 0 unspecified atom stereocenters. The molecular weight excluding hydrogens is 391 g/mol. The third-order valence-corrected chi connectivity index (χ3v) is 8.03. The van der Waals surface area contributed by atoms with Gasteiger partial charge in [-0.1, -0.05) is 0 Å². The summed E-state index contributed by atoms with van der Waals surface area (Å²) >= 11 is 1.11. The van der Waals surface area contributed by atoms with E-state index in [1.807, 2.05) is 4.90 Å². The fourth-order valence-electron chi connectivity index (χ4n) is 3.23. The van der Waals surface area contributed by atoms with E-state index < -0.39 is 33.1 Å². The number of rotatable bonds is 4. The first-order valence-corrected chi connectivity index (χ1v) is 10.9. The third kappa shape index (κ3) is 3.50. The average molecular weight is 408 g/mol. The van der Waals surface area contributed by atoms with Crippen molar-refractivity contribution in [3.63, 3.8) is 0 Å². The zero-order valence-corrected chi connectivity index (χ0v) is 15.8. The summed E-state index contributed by atoms with van der Waals surface area (Å²) in [4.78, 5) is 16.3. The Balaban J connectivity index is 1.65. The van der Waals surface area contributed by atoms with Gasteiger partial charge in [0.2, 0.25) is 0 Å². The maximum Gasteiger partial charge on any atom is 0.255 e. The van der Waals surface area contributed by atoms with Crippen molar-refractivity contribution in [1.29, 1.82) is 0 Å². The summed E-state index contributed by atoms with van der Waals surface area (Å²) in [5, 5.41) is 11.1. The van der Waals surface area contributed by atoms with Gasteiger partial charge in [-0.2, -0.15) is 0 Å². The van der Waals surface area contributed by atoms with Gasteiger partial charge in [-0.15, -0.1) is 11.3 Å². The largest absolute Gasteiger partial charge is 0.391 e. The van der Waals surface area contributed by atoms with E-state index in [1.54, 1.807) is 12.1 Å². The number of β-amino-alcohol motifs (C(OH)–C–C–N with tert-alkyl or cyclic N) is 1. The van der Waals surface area contributed by atoms with Crippen LogP contribution in [0.5, 0.6) is 0 Å². The Hall–Kier alpha value is -2.23. The van der Waals surface area contributed by atoms with Gasteiger partial charge in [-0.25, -0.2) is 12.8 Å². The Morgan fingerprint density at radius 1 is 1.30 bits per heavy atom. The fourth-order valence-corrected chi connectivity index (χ4v) is 5.99. The van der Waals surface area contributed by atoms with Crippen LogP contribution in [0, 0.1) is 5.82 Å². The minimum Gasteiger partial charge on any atom is -0.391 e. The van der Waals surface area contributed by atoms with E-state index in [9.17, 15) is 22.7 Å². The van der Waals surface area contributed by atoms with Crippen LogP contribution in [0.4, 0.5) is 9.39 Å². The number of nitrogens with zero attached hydrogens (tertiary/aromatic N) is 1. The predicted octanol–water partition coefficient (Wildman–Crippen LogP) is 2.27.